The smallest absolute Gasteiger partial charge is 0.226 e. The molecule has 0 saturated carbocycles. The fourth-order valence-corrected chi connectivity index (χ4v) is 4.04. The van der Waals surface area contributed by atoms with Crippen molar-refractivity contribution >= 4 is 11.7 Å². The van der Waals surface area contributed by atoms with Gasteiger partial charge in [-0.3, -0.25) is 4.79 Å². The van der Waals surface area contributed by atoms with Crippen LogP contribution in [0.5, 0.6) is 11.5 Å². The molecule has 2 atom stereocenters. The van der Waals surface area contributed by atoms with Crippen LogP contribution in [0.2, 0.25) is 0 Å². The van der Waals surface area contributed by atoms with Crippen LogP contribution in [0.1, 0.15) is 38.8 Å². The lowest BCUT2D eigenvalue weighted by atomic mass is 9.72. The molecule has 27 heavy (non-hydrogen) atoms. The second-order valence-electron chi connectivity index (χ2n) is 7.65. The summed E-state index contributed by atoms with van der Waals surface area (Å²) in [5.41, 5.74) is 1.65. The fraction of sp³-hybridized carbons (Fsp3) is 0.450. The van der Waals surface area contributed by atoms with Crippen molar-refractivity contribution in [1.29, 1.82) is 0 Å². The number of hydrogen-bond acceptors (Lipinski definition) is 6. The van der Waals surface area contributed by atoms with E-state index < -0.39 is 0 Å². The van der Waals surface area contributed by atoms with Crippen molar-refractivity contribution in [2.75, 3.05) is 19.0 Å². The first-order chi connectivity index (χ1) is 12.9. The highest BCUT2D eigenvalue weighted by Gasteiger charge is 2.44. The number of allylic oxidation sites excluding steroid dienone is 2. The van der Waals surface area contributed by atoms with Gasteiger partial charge < -0.3 is 14.8 Å². The van der Waals surface area contributed by atoms with E-state index in [1.54, 1.807) is 11.8 Å². The molecule has 142 valence electrons. The number of Topliss-reactive ketones (excluding diaryl/α,β-unsaturated/α-hetero) is 1. The summed E-state index contributed by atoms with van der Waals surface area (Å²) < 4.78 is 12.9. The Hall–Kier alpha value is -2.83. The van der Waals surface area contributed by atoms with E-state index in [0.717, 1.165) is 11.3 Å². The quantitative estimate of drug-likeness (QED) is 0.893. The highest BCUT2D eigenvalue weighted by Crippen LogP contribution is 2.46. The number of benzene rings is 1. The number of methoxy groups -OCH3 is 1. The van der Waals surface area contributed by atoms with Crippen LogP contribution in [-0.4, -0.2) is 34.3 Å². The van der Waals surface area contributed by atoms with Gasteiger partial charge in [-0.05, 0) is 30.0 Å². The summed E-state index contributed by atoms with van der Waals surface area (Å²) in [5, 5.41) is 7.68. The van der Waals surface area contributed by atoms with E-state index in [-0.39, 0.29) is 23.2 Å². The molecular weight excluding hydrogens is 344 g/mol. The van der Waals surface area contributed by atoms with Gasteiger partial charge in [-0.25, -0.2) is 4.68 Å². The molecule has 0 fully saturated rings. The van der Waals surface area contributed by atoms with Crippen LogP contribution in [0.3, 0.4) is 0 Å². The molecule has 0 unspecified atom stereocenters. The molecule has 0 saturated heterocycles. The summed E-state index contributed by atoms with van der Waals surface area (Å²) in [6.45, 7) is 6.63. The first-order valence-corrected chi connectivity index (χ1v) is 9.16. The fourth-order valence-electron chi connectivity index (χ4n) is 4.04. The molecule has 4 rings (SSSR count). The Morgan fingerprint density at radius 3 is 2.89 bits per heavy atom. The van der Waals surface area contributed by atoms with Gasteiger partial charge in [0, 0.05) is 12.1 Å². The molecule has 2 aliphatic rings. The van der Waals surface area contributed by atoms with Crippen molar-refractivity contribution in [2.24, 2.45) is 11.3 Å². The Balaban J connectivity index is 1.85. The molecule has 1 N–H and O–H groups in total. The van der Waals surface area contributed by atoms with Gasteiger partial charge in [0.25, 0.3) is 0 Å². The number of rotatable bonds is 4. The SMILES string of the molecule is CCOc1ccc([C@@H]2[C@H]3C(=O)CC(C)(C)C=C3Nc3ncnn32)cc1OC. The maximum atomic E-state index is 13.1. The van der Waals surface area contributed by atoms with Gasteiger partial charge >= 0.3 is 0 Å². The van der Waals surface area contributed by atoms with Gasteiger partial charge in [0.05, 0.1) is 25.7 Å². The largest absolute Gasteiger partial charge is 0.493 e. The highest BCUT2D eigenvalue weighted by molar-refractivity contribution is 5.88. The van der Waals surface area contributed by atoms with Crippen LogP contribution in [0.25, 0.3) is 0 Å². The molecule has 1 aromatic heterocycles. The third-order valence-corrected chi connectivity index (χ3v) is 5.10. The first kappa shape index (κ1) is 17.6. The van der Waals surface area contributed by atoms with Crippen LogP contribution in [-0.2, 0) is 4.79 Å². The van der Waals surface area contributed by atoms with E-state index in [2.05, 4.69) is 35.3 Å². The number of ether oxygens (including phenoxy) is 2. The molecular formula is C20H24N4O3. The summed E-state index contributed by atoms with van der Waals surface area (Å²) in [4.78, 5) is 17.4. The topological polar surface area (TPSA) is 78.3 Å². The molecule has 0 amide bonds. The second kappa shape index (κ2) is 6.40. The maximum absolute atomic E-state index is 13.1. The molecule has 2 heterocycles. The van der Waals surface area contributed by atoms with Gasteiger partial charge in [0.15, 0.2) is 11.5 Å². The number of nitrogens with zero attached hydrogens (tertiary/aromatic N) is 3. The monoisotopic (exact) mass is 368 g/mol. The predicted octanol–water partition coefficient (Wildman–Crippen LogP) is 3.20. The summed E-state index contributed by atoms with van der Waals surface area (Å²) in [6.07, 6.45) is 4.15. The minimum absolute atomic E-state index is 0.181. The van der Waals surface area contributed by atoms with E-state index in [1.807, 2.05) is 25.1 Å². The zero-order valence-electron chi connectivity index (χ0n) is 16.0. The zero-order valence-corrected chi connectivity index (χ0v) is 16.0. The van der Waals surface area contributed by atoms with E-state index in [0.29, 0.717) is 30.5 Å². The van der Waals surface area contributed by atoms with E-state index in [4.69, 9.17) is 9.47 Å². The van der Waals surface area contributed by atoms with Crippen molar-refractivity contribution < 1.29 is 14.3 Å². The van der Waals surface area contributed by atoms with Gasteiger partial charge in [-0.1, -0.05) is 26.0 Å². The average Bonchev–Trinajstić information content (AvgIpc) is 3.07. The Bertz CT molecular complexity index is 916. The van der Waals surface area contributed by atoms with Crippen molar-refractivity contribution in [3.05, 3.63) is 41.9 Å². The highest BCUT2D eigenvalue weighted by atomic mass is 16.5. The van der Waals surface area contributed by atoms with Crippen LogP contribution in [0, 0.1) is 11.3 Å². The standard InChI is InChI=1S/C20H24N4O3/c1-5-27-15-7-6-12(8-16(15)26-4)18-17-13(9-20(2,3)10-14(17)25)23-19-21-11-22-24(18)19/h6-9,11,17-18H,5,10H2,1-4H3,(H,21,22,23)/t17-,18-/m1/s1. The third-order valence-electron chi connectivity index (χ3n) is 5.10. The van der Waals surface area contributed by atoms with Crippen LogP contribution in [0.4, 0.5) is 5.95 Å². The number of hydrogen-bond donors (Lipinski definition) is 1. The number of carbonyl (C=O) groups excluding carboxylic acids is 1. The normalized spacial score (nSPS) is 23.0. The minimum Gasteiger partial charge on any atom is -0.493 e. The van der Waals surface area contributed by atoms with Gasteiger partial charge in [0.2, 0.25) is 5.95 Å². The molecule has 1 aliphatic carbocycles. The van der Waals surface area contributed by atoms with Crippen molar-refractivity contribution in [1.82, 2.24) is 14.8 Å². The lowest BCUT2D eigenvalue weighted by Gasteiger charge is -2.40. The van der Waals surface area contributed by atoms with Crippen LogP contribution in [0.15, 0.2) is 36.3 Å². The molecule has 0 bridgehead atoms. The minimum atomic E-state index is -0.324. The molecule has 0 spiro atoms. The number of carbonyl (C=O) groups is 1. The van der Waals surface area contributed by atoms with E-state index >= 15 is 0 Å². The zero-order chi connectivity index (χ0) is 19.2. The predicted molar refractivity (Wildman–Crippen MR) is 101 cm³/mol. The van der Waals surface area contributed by atoms with E-state index in [9.17, 15) is 4.79 Å². The van der Waals surface area contributed by atoms with Gasteiger partial charge in [0.1, 0.15) is 12.1 Å². The van der Waals surface area contributed by atoms with Crippen molar-refractivity contribution in [2.45, 2.75) is 33.2 Å². The average molecular weight is 368 g/mol. The number of nitrogens with one attached hydrogen (secondary N) is 1. The summed E-state index contributed by atoms with van der Waals surface area (Å²) in [6, 6.07) is 5.51. The molecule has 7 nitrogen and oxygen atoms in total. The Morgan fingerprint density at radius 1 is 1.33 bits per heavy atom. The van der Waals surface area contributed by atoms with E-state index in [1.165, 1.54) is 6.33 Å². The first-order valence-electron chi connectivity index (χ1n) is 9.16. The summed E-state index contributed by atoms with van der Waals surface area (Å²) in [5.74, 6) is 1.84. The third kappa shape index (κ3) is 2.97. The van der Waals surface area contributed by atoms with Gasteiger partial charge in [-0.15, -0.1) is 0 Å². The maximum Gasteiger partial charge on any atom is 0.226 e. The number of anilines is 1. The van der Waals surface area contributed by atoms with Gasteiger partial charge in [-0.2, -0.15) is 10.1 Å². The molecule has 7 heteroatoms. The Kier molecular flexibility index (Phi) is 4.17. The summed E-state index contributed by atoms with van der Waals surface area (Å²) >= 11 is 0. The summed E-state index contributed by atoms with van der Waals surface area (Å²) in [7, 11) is 1.62. The van der Waals surface area contributed by atoms with Crippen LogP contribution >= 0.6 is 0 Å². The molecule has 1 aromatic carbocycles. The number of fused-ring (bicyclic) bond motifs is 2. The molecule has 1 aliphatic heterocycles. The number of aromatic nitrogens is 3. The van der Waals surface area contributed by atoms with Crippen molar-refractivity contribution in [3.8, 4) is 11.5 Å². The second-order valence-corrected chi connectivity index (χ2v) is 7.65. The number of ketones is 1. The molecule has 0 radical (unpaired) electrons. The Morgan fingerprint density at radius 2 is 2.15 bits per heavy atom. The Labute approximate surface area is 158 Å². The van der Waals surface area contributed by atoms with Crippen molar-refractivity contribution in [3.63, 3.8) is 0 Å². The lowest BCUT2D eigenvalue weighted by Crippen LogP contribution is -2.42. The molecule has 2 aromatic rings. The lowest BCUT2D eigenvalue weighted by molar-refractivity contribution is -0.125. The van der Waals surface area contributed by atoms with Crippen LogP contribution < -0.4 is 14.8 Å².